The number of carbonyl (C=O) groups is 4. The second kappa shape index (κ2) is 48.1. The third kappa shape index (κ3) is 39.4. The molecule has 17 heteroatoms. The fraction of sp³-hybridized carbons (Fsp3) is 0.677. The van der Waals surface area contributed by atoms with Crippen LogP contribution in [0.2, 0.25) is 0 Å². The Hall–Kier alpha value is -4.68. The van der Waals surface area contributed by atoms with Crippen LogP contribution in [0.4, 0.5) is 26.3 Å². The van der Waals surface area contributed by atoms with E-state index >= 15 is 0 Å². The summed E-state index contributed by atoms with van der Waals surface area (Å²) < 4.78 is 95.3. The van der Waals surface area contributed by atoms with E-state index in [1.807, 2.05) is 0 Å². The number of hydrogen-bond acceptors (Lipinski definition) is 8. The first-order valence-corrected chi connectivity index (χ1v) is 29.1. The Bertz CT molecular complexity index is 1870. The first-order valence-electron chi connectivity index (χ1n) is 29.1. The van der Waals surface area contributed by atoms with Crippen molar-refractivity contribution in [2.45, 2.75) is 245 Å². The van der Waals surface area contributed by atoms with Gasteiger partial charge in [-0.25, -0.2) is 9.59 Å². The molecular weight excluding hydrogens is 1080 g/mol. The summed E-state index contributed by atoms with van der Waals surface area (Å²) in [6, 6.07) is 14.2. The van der Waals surface area contributed by atoms with Crippen molar-refractivity contribution in [3.63, 3.8) is 0 Å². The number of rotatable bonds is 46. The number of ketones is 2. The maximum Gasteiger partial charge on any atom is 2.00 e. The maximum absolute atomic E-state index is 12.4. The number of alkyl halides is 6. The van der Waals surface area contributed by atoms with E-state index < -0.39 is 47.0 Å². The number of unbranched alkanes of at least 4 members (excludes halogenated alkanes) is 30. The van der Waals surface area contributed by atoms with E-state index in [0.717, 1.165) is 48.5 Å². The molecule has 0 heterocycles. The maximum atomic E-state index is 12.4. The molecule has 0 unspecified atom stereocenters. The van der Waals surface area contributed by atoms with Crippen LogP contribution in [0, 0.1) is 0 Å². The summed E-state index contributed by atoms with van der Waals surface area (Å²) in [7, 11) is 0. The molecule has 0 atom stereocenters. The summed E-state index contributed by atoms with van der Waals surface area (Å²) in [6.07, 6.45) is 32.0. The van der Waals surface area contributed by atoms with E-state index in [0.29, 0.717) is 24.7 Å². The fourth-order valence-electron chi connectivity index (χ4n) is 8.51. The molecule has 10 nitrogen and oxygen atoms in total. The molecule has 0 aliphatic rings. The van der Waals surface area contributed by atoms with Crippen LogP contribution in [0.5, 0.6) is 11.5 Å². The number of nitrogens with zero attached hydrogens (tertiary/aromatic N) is 2. The Kier molecular flexibility index (Phi) is 45.2. The molecule has 0 aliphatic carbocycles. The van der Waals surface area contributed by atoms with Crippen LogP contribution < -0.4 is 9.47 Å². The van der Waals surface area contributed by atoms with Crippen molar-refractivity contribution >= 4 is 35.2 Å². The molecule has 0 N–H and O–H groups in total. The van der Waals surface area contributed by atoms with Crippen molar-refractivity contribution in [2.24, 2.45) is 0 Å². The summed E-state index contributed by atoms with van der Waals surface area (Å²) in [5.41, 5.74) is -1.59. The minimum Gasteiger partial charge on any atom is -0.762 e. The van der Waals surface area contributed by atoms with Gasteiger partial charge in [-0.15, -0.1) is 0 Å². The molecular formula is C62H90CuF6N2O8. The molecule has 0 aromatic heterocycles. The molecule has 2 aromatic rings. The van der Waals surface area contributed by atoms with E-state index in [1.54, 1.807) is 48.5 Å². The van der Waals surface area contributed by atoms with Gasteiger partial charge in [0.15, 0.2) is 0 Å². The number of halogens is 6. The summed E-state index contributed by atoms with van der Waals surface area (Å²) in [4.78, 5) is 45.4. The molecule has 79 heavy (non-hydrogen) atoms. The van der Waals surface area contributed by atoms with Crippen molar-refractivity contribution in [2.75, 3.05) is 26.4 Å². The predicted octanol–water partition coefficient (Wildman–Crippen LogP) is 17.4. The molecule has 2 rings (SSSR count). The molecule has 0 bridgehead atoms. The average molecular weight is 1170 g/mol. The first-order chi connectivity index (χ1) is 37.6. The minimum absolute atomic E-state index is 0. The van der Waals surface area contributed by atoms with Gasteiger partial charge in [0.05, 0.1) is 26.4 Å². The Morgan fingerprint density at radius 2 is 0.608 bits per heavy atom. The first kappa shape index (κ1) is 74.3. The zero-order valence-electron chi connectivity index (χ0n) is 47.2. The average Bonchev–Trinajstić information content (AvgIpc) is 3.42. The Morgan fingerprint density at radius 3 is 0.823 bits per heavy atom. The Balaban J connectivity index is 0.00000152. The normalized spacial score (nSPS) is 11.0. The topological polar surface area (TPSA) is 150 Å². The van der Waals surface area contributed by atoms with Crippen molar-refractivity contribution in [1.82, 2.24) is 0 Å². The monoisotopic (exact) mass is 1170 g/mol. The molecule has 2 aromatic carbocycles. The fourth-order valence-corrected chi connectivity index (χ4v) is 8.51. The number of esters is 2. The summed E-state index contributed by atoms with van der Waals surface area (Å²) in [6.45, 7) is 5.28. The molecule has 0 fully saturated rings. The van der Waals surface area contributed by atoms with Gasteiger partial charge >= 0.3 is 41.4 Å². The molecule has 0 amide bonds. The molecule has 0 saturated carbocycles. The van der Waals surface area contributed by atoms with Crippen LogP contribution in [-0.4, -0.2) is 74.0 Å². The SMILES string of the molecule is CCCCCCCCCCCCCCCCCCOc1ccc(CCOC(=O)C(=C=[N-])C(=O)C(F)(F)F)cc1.CCCCCCCCCCCCCCCCCCOc1ccc(CCOC(=O)C(=C=[N-])C(=O)C(F)(F)F)cc1.[Cu+2]. The van der Waals surface area contributed by atoms with Gasteiger partial charge in [0.2, 0.25) is 0 Å². The molecule has 0 saturated heterocycles. The van der Waals surface area contributed by atoms with Crippen LogP contribution >= 0.6 is 0 Å². The number of benzene rings is 2. The summed E-state index contributed by atoms with van der Waals surface area (Å²) in [5.74, 6) is -4.76. The molecule has 0 spiro atoms. The summed E-state index contributed by atoms with van der Waals surface area (Å²) >= 11 is 0. The zero-order valence-corrected chi connectivity index (χ0v) is 48.2. The van der Waals surface area contributed by atoms with E-state index in [1.165, 1.54) is 180 Å². The van der Waals surface area contributed by atoms with E-state index in [-0.39, 0.29) is 43.1 Å². The summed E-state index contributed by atoms with van der Waals surface area (Å²) in [5, 5.41) is 17.3. The van der Waals surface area contributed by atoms with E-state index in [9.17, 15) is 45.5 Å². The van der Waals surface area contributed by atoms with Gasteiger partial charge in [-0.05, 0) is 48.2 Å². The number of carbonyl (C=O) groups excluding carboxylic acids is 4. The largest absolute Gasteiger partial charge is 2.00 e. The van der Waals surface area contributed by atoms with Crippen LogP contribution in [0.25, 0.3) is 10.8 Å². The standard InChI is InChI=1S/2C31H45F3NO4.Cu/c2*1-2-3-4-5-6-7-8-9-10-11-12-13-14-15-16-17-23-38-27-20-18-26(19-21-27)22-24-39-30(37)28(25-35)29(36)31(32,33)34;/h2*18-21H,2-17,22-24H2,1H3;/q2*-1;+2. The Morgan fingerprint density at radius 1 is 0.380 bits per heavy atom. The minimum atomic E-state index is -5.30. The van der Waals surface area contributed by atoms with Gasteiger partial charge in [0, 0.05) is 12.8 Å². The molecule has 449 valence electrons. The van der Waals surface area contributed by atoms with E-state index in [4.69, 9.17) is 20.3 Å². The van der Waals surface area contributed by atoms with Gasteiger partial charge < -0.3 is 29.8 Å². The molecule has 1 radical (unpaired) electrons. The molecule has 0 aliphatic heterocycles. The third-order valence-corrected chi connectivity index (χ3v) is 13.2. The number of ether oxygens (including phenoxy) is 4. The van der Waals surface area contributed by atoms with Gasteiger partial charge in [-0.3, -0.25) is 21.3 Å². The quantitative estimate of drug-likeness (QED) is 0.00929. The van der Waals surface area contributed by atoms with Gasteiger partial charge in [-0.1, -0.05) is 231 Å². The number of Topliss-reactive ketones (excluding diaryl/α,β-unsaturated/α-hetero) is 2. The van der Waals surface area contributed by atoms with Crippen molar-refractivity contribution in [1.29, 1.82) is 0 Å². The second-order valence-electron chi connectivity index (χ2n) is 20.0. The number of hydrogen-bond donors (Lipinski definition) is 0. The van der Waals surface area contributed by atoms with Crippen molar-refractivity contribution in [3.05, 3.63) is 81.6 Å². The third-order valence-electron chi connectivity index (χ3n) is 13.2. The van der Waals surface area contributed by atoms with Crippen molar-refractivity contribution < 1.29 is 81.5 Å². The van der Waals surface area contributed by atoms with Crippen LogP contribution in [0.15, 0.2) is 59.7 Å². The van der Waals surface area contributed by atoms with Gasteiger partial charge in [-0.2, -0.15) is 26.3 Å². The van der Waals surface area contributed by atoms with Gasteiger partial charge in [0.25, 0.3) is 11.6 Å². The van der Waals surface area contributed by atoms with Crippen molar-refractivity contribution in [3.8, 4) is 11.5 Å². The smallest absolute Gasteiger partial charge is 0.762 e. The zero-order chi connectivity index (χ0) is 57.5. The second-order valence-corrected chi connectivity index (χ2v) is 20.0. The van der Waals surface area contributed by atoms with Gasteiger partial charge in [0.1, 0.15) is 22.6 Å². The predicted molar refractivity (Wildman–Crippen MR) is 298 cm³/mol. The van der Waals surface area contributed by atoms with Crippen LogP contribution in [-0.2, 0) is 58.6 Å². The Labute approximate surface area is 478 Å². The van der Waals surface area contributed by atoms with Crippen LogP contribution in [0.1, 0.15) is 230 Å². The van der Waals surface area contributed by atoms with E-state index in [2.05, 4.69) is 23.3 Å². The van der Waals surface area contributed by atoms with Crippen LogP contribution in [0.3, 0.4) is 0 Å².